The van der Waals surface area contributed by atoms with Crippen molar-refractivity contribution >= 4 is 5.91 Å². The van der Waals surface area contributed by atoms with Gasteiger partial charge in [0.1, 0.15) is 0 Å². The summed E-state index contributed by atoms with van der Waals surface area (Å²) < 4.78 is 5.43. The first-order valence-electron chi connectivity index (χ1n) is 6.96. The van der Waals surface area contributed by atoms with Crippen LogP contribution in [0.4, 0.5) is 0 Å². The van der Waals surface area contributed by atoms with E-state index in [4.69, 9.17) is 10.5 Å². The van der Waals surface area contributed by atoms with E-state index in [9.17, 15) is 9.90 Å². The number of nitrogens with zero attached hydrogens (tertiary/aromatic N) is 1. The average molecular weight is 278 g/mol. The first-order valence-corrected chi connectivity index (χ1v) is 6.96. The Morgan fingerprint density at radius 3 is 2.85 bits per heavy atom. The summed E-state index contributed by atoms with van der Waals surface area (Å²) in [6.07, 6.45) is -0.145. The highest BCUT2D eigenvalue weighted by Crippen LogP contribution is 2.22. The molecule has 1 heterocycles. The van der Waals surface area contributed by atoms with Gasteiger partial charge >= 0.3 is 0 Å². The minimum Gasteiger partial charge on any atom is -0.388 e. The van der Waals surface area contributed by atoms with Gasteiger partial charge in [-0.25, -0.2) is 0 Å². The number of rotatable bonds is 4. The summed E-state index contributed by atoms with van der Waals surface area (Å²) in [4.78, 5) is 13.8. The topological polar surface area (TPSA) is 75.8 Å². The Labute approximate surface area is 119 Å². The van der Waals surface area contributed by atoms with E-state index in [0.29, 0.717) is 26.2 Å². The highest BCUT2D eigenvalue weighted by atomic mass is 16.5. The van der Waals surface area contributed by atoms with Crippen LogP contribution < -0.4 is 5.73 Å². The molecule has 1 aromatic rings. The van der Waals surface area contributed by atoms with E-state index < -0.39 is 12.1 Å². The number of nitrogens with two attached hydrogens (primary N) is 1. The monoisotopic (exact) mass is 278 g/mol. The lowest BCUT2D eigenvalue weighted by molar-refractivity contribution is -0.142. The van der Waals surface area contributed by atoms with Crippen LogP contribution in [0.1, 0.15) is 25.0 Å². The molecule has 2 rings (SSSR count). The fourth-order valence-electron chi connectivity index (χ4n) is 2.47. The third kappa shape index (κ3) is 3.56. The van der Waals surface area contributed by atoms with Crippen LogP contribution in [0.3, 0.4) is 0 Å². The molecule has 0 bridgehead atoms. The van der Waals surface area contributed by atoms with Gasteiger partial charge in [-0.05, 0) is 12.5 Å². The Morgan fingerprint density at radius 1 is 1.50 bits per heavy atom. The van der Waals surface area contributed by atoms with Crippen LogP contribution in [0.5, 0.6) is 0 Å². The molecular formula is C15H22N2O3. The first kappa shape index (κ1) is 15.0. The van der Waals surface area contributed by atoms with E-state index in [1.54, 1.807) is 11.8 Å². The third-order valence-corrected chi connectivity index (χ3v) is 3.58. The van der Waals surface area contributed by atoms with Gasteiger partial charge in [-0.1, -0.05) is 30.3 Å². The summed E-state index contributed by atoms with van der Waals surface area (Å²) in [5, 5.41) is 10.3. The predicted molar refractivity (Wildman–Crippen MR) is 76.0 cm³/mol. The Balaban J connectivity index is 2.03. The molecule has 5 nitrogen and oxygen atoms in total. The van der Waals surface area contributed by atoms with Gasteiger partial charge < -0.3 is 20.5 Å². The minimum atomic E-state index is -0.605. The number of hydrogen-bond acceptors (Lipinski definition) is 4. The Hall–Kier alpha value is -1.43. The first-order chi connectivity index (χ1) is 9.59. The minimum absolute atomic E-state index is 0.0847. The van der Waals surface area contributed by atoms with Crippen LogP contribution in [0.2, 0.25) is 0 Å². The molecule has 1 fully saturated rings. The fraction of sp³-hybridized carbons (Fsp3) is 0.533. The van der Waals surface area contributed by atoms with Crippen molar-refractivity contribution in [2.24, 2.45) is 5.73 Å². The zero-order chi connectivity index (χ0) is 14.5. The number of hydrogen-bond donors (Lipinski definition) is 2. The molecule has 0 aliphatic carbocycles. The molecule has 110 valence electrons. The smallest absolute Gasteiger partial charge is 0.239 e. The summed E-state index contributed by atoms with van der Waals surface area (Å²) in [6.45, 7) is 3.19. The van der Waals surface area contributed by atoms with Gasteiger partial charge in [0.25, 0.3) is 0 Å². The zero-order valence-corrected chi connectivity index (χ0v) is 11.7. The largest absolute Gasteiger partial charge is 0.388 e. The lowest BCUT2D eigenvalue weighted by atomic mass is 10.0. The van der Waals surface area contributed by atoms with Crippen LogP contribution in [0.25, 0.3) is 0 Å². The van der Waals surface area contributed by atoms with Crippen molar-refractivity contribution in [3.63, 3.8) is 0 Å². The number of amides is 1. The van der Waals surface area contributed by atoms with Crippen LogP contribution in [0.15, 0.2) is 30.3 Å². The van der Waals surface area contributed by atoms with Crippen molar-refractivity contribution in [2.45, 2.75) is 31.5 Å². The van der Waals surface area contributed by atoms with E-state index in [0.717, 1.165) is 5.56 Å². The highest BCUT2D eigenvalue weighted by Gasteiger charge is 2.30. The van der Waals surface area contributed by atoms with Gasteiger partial charge in [0.2, 0.25) is 5.91 Å². The number of morpholine rings is 1. The molecule has 1 saturated heterocycles. The molecule has 5 heteroatoms. The van der Waals surface area contributed by atoms with Crippen LogP contribution in [0, 0.1) is 0 Å². The molecule has 0 radical (unpaired) electrons. The van der Waals surface area contributed by atoms with Gasteiger partial charge in [-0.3, -0.25) is 4.79 Å². The van der Waals surface area contributed by atoms with Crippen LogP contribution in [-0.2, 0) is 9.53 Å². The lowest BCUT2D eigenvalue weighted by Crippen LogP contribution is -2.53. The molecule has 20 heavy (non-hydrogen) atoms. The zero-order valence-electron chi connectivity index (χ0n) is 11.7. The fourth-order valence-corrected chi connectivity index (χ4v) is 2.47. The predicted octanol–water partition coefficient (Wildman–Crippen LogP) is 0.685. The molecular weight excluding hydrogens is 256 g/mol. The highest BCUT2D eigenvalue weighted by molar-refractivity contribution is 5.81. The quantitative estimate of drug-likeness (QED) is 0.849. The molecule has 1 aliphatic rings. The summed E-state index contributed by atoms with van der Waals surface area (Å²) in [5.74, 6) is -0.0847. The van der Waals surface area contributed by atoms with E-state index >= 15 is 0 Å². The summed E-state index contributed by atoms with van der Waals surface area (Å²) >= 11 is 0. The van der Waals surface area contributed by atoms with Gasteiger partial charge in [-0.2, -0.15) is 0 Å². The standard InChI is InChI=1S/C15H22N2O3/c1-11(16)15(19)17-7-8-20-10-13(17)9-14(18)12-5-3-2-4-6-12/h2-6,11,13-14,18H,7-10,16H2,1H3. The SMILES string of the molecule is CC(N)C(=O)N1CCOCC1CC(O)c1ccccc1. The third-order valence-electron chi connectivity index (χ3n) is 3.58. The van der Waals surface area contributed by atoms with Crippen molar-refractivity contribution in [1.82, 2.24) is 4.90 Å². The Kier molecular flexibility index (Phi) is 5.11. The lowest BCUT2D eigenvalue weighted by Gasteiger charge is -2.37. The van der Waals surface area contributed by atoms with E-state index in [1.807, 2.05) is 30.3 Å². The van der Waals surface area contributed by atoms with Gasteiger partial charge in [-0.15, -0.1) is 0 Å². The van der Waals surface area contributed by atoms with Crippen molar-refractivity contribution in [2.75, 3.05) is 19.8 Å². The second kappa shape index (κ2) is 6.83. The van der Waals surface area contributed by atoms with Crippen LogP contribution >= 0.6 is 0 Å². The number of aliphatic hydroxyl groups excluding tert-OH is 1. The maximum atomic E-state index is 12.1. The normalized spacial score (nSPS) is 22.4. The van der Waals surface area contributed by atoms with Crippen molar-refractivity contribution in [1.29, 1.82) is 0 Å². The summed E-state index contributed by atoms with van der Waals surface area (Å²) in [7, 11) is 0. The number of aliphatic hydroxyl groups is 1. The molecule has 0 saturated carbocycles. The van der Waals surface area contributed by atoms with Crippen molar-refractivity contribution < 1.29 is 14.6 Å². The molecule has 3 N–H and O–H groups in total. The molecule has 1 aliphatic heterocycles. The summed E-state index contributed by atoms with van der Waals surface area (Å²) in [5.41, 5.74) is 6.53. The Bertz CT molecular complexity index is 436. The average Bonchev–Trinajstić information content (AvgIpc) is 2.48. The second-order valence-electron chi connectivity index (χ2n) is 5.21. The maximum absolute atomic E-state index is 12.1. The van der Waals surface area contributed by atoms with Crippen molar-refractivity contribution in [3.8, 4) is 0 Å². The van der Waals surface area contributed by atoms with Gasteiger partial charge in [0, 0.05) is 13.0 Å². The van der Waals surface area contributed by atoms with Gasteiger partial charge in [0.05, 0.1) is 31.4 Å². The molecule has 1 aromatic carbocycles. The number of benzene rings is 1. The number of carbonyl (C=O) groups is 1. The summed E-state index contributed by atoms with van der Waals surface area (Å²) in [6, 6.07) is 8.80. The number of carbonyl (C=O) groups excluding carboxylic acids is 1. The second-order valence-corrected chi connectivity index (χ2v) is 5.21. The van der Waals surface area contributed by atoms with Crippen molar-refractivity contribution in [3.05, 3.63) is 35.9 Å². The van der Waals surface area contributed by atoms with Crippen LogP contribution in [-0.4, -0.2) is 47.8 Å². The maximum Gasteiger partial charge on any atom is 0.239 e. The van der Waals surface area contributed by atoms with E-state index in [1.165, 1.54) is 0 Å². The van der Waals surface area contributed by atoms with E-state index in [2.05, 4.69) is 0 Å². The number of ether oxygens (including phenoxy) is 1. The molecule has 3 unspecified atom stereocenters. The van der Waals surface area contributed by atoms with Gasteiger partial charge in [0.15, 0.2) is 0 Å². The Morgan fingerprint density at radius 2 is 2.20 bits per heavy atom. The molecule has 3 atom stereocenters. The molecule has 0 aromatic heterocycles. The van der Waals surface area contributed by atoms with E-state index in [-0.39, 0.29) is 11.9 Å². The molecule has 1 amide bonds. The molecule has 0 spiro atoms.